The Morgan fingerprint density at radius 1 is 1.23 bits per heavy atom. The zero-order valence-corrected chi connectivity index (χ0v) is 14.0. The lowest BCUT2D eigenvalue weighted by Gasteiger charge is -2.18. The van der Waals surface area contributed by atoms with Crippen LogP contribution in [0.4, 0.5) is 5.69 Å². The zero-order chi connectivity index (χ0) is 18.5. The van der Waals surface area contributed by atoms with Crippen LogP contribution in [0.5, 0.6) is 23.0 Å². The Hall–Kier alpha value is -3.66. The molecule has 0 radical (unpaired) electrons. The molecule has 1 aliphatic heterocycles. The van der Waals surface area contributed by atoms with Crippen molar-refractivity contribution in [2.24, 2.45) is 0 Å². The predicted octanol–water partition coefficient (Wildman–Crippen LogP) is 2.72. The van der Waals surface area contributed by atoms with Gasteiger partial charge in [0.05, 0.1) is 7.11 Å². The molecular weight excluding hydrogens is 336 g/mol. The van der Waals surface area contributed by atoms with Crippen LogP contribution < -0.4 is 19.5 Å². The summed E-state index contributed by atoms with van der Waals surface area (Å²) in [5.74, 6) is 0.808. The molecule has 0 aromatic heterocycles. The zero-order valence-electron chi connectivity index (χ0n) is 14.0. The Balaban J connectivity index is 1.79. The first-order valence-electron chi connectivity index (χ1n) is 7.80. The van der Waals surface area contributed by atoms with Gasteiger partial charge in [0.25, 0.3) is 5.91 Å². The number of hydrogen-bond acceptors (Lipinski definition) is 6. The lowest BCUT2D eigenvalue weighted by molar-refractivity contribution is -0.112. The predicted molar refractivity (Wildman–Crippen MR) is 94.3 cm³/mol. The van der Waals surface area contributed by atoms with Crippen LogP contribution in [0.3, 0.4) is 0 Å². The standard InChI is InChI=1S/C19H16N2O5/c1-24-16-4-2-12(9-15(16)22)8-13(11-20)19(23)21-14-3-5-17-18(10-14)26-7-6-25-17/h2-5,8-10,22H,6-7H2,1H3,(H,21,23)/b13-8+. The molecule has 0 atom stereocenters. The van der Waals surface area contributed by atoms with E-state index >= 15 is 0 Å². The number of rotatable bonds is 4. The third-order valence-corrected chi connectivity index (χ3v) is 3.68. The highest BCUT2D eigenvalue weighted by molar-refractivity contribution is 6.09. The Labute approximate surface area is 150 Å². The summed E-state index contributed by atoms with van der Waals surface area (Å²) in [5, 5.41) is 21.7. The van der Waals surface area contributed by atoms with Crippen LogP contribution in [0.25, 0.3) is 6.08 Å². The fourth-order valence-electron chi connectivity index (χ4n) is 2.43. The normalized spacial score (nSPS) is 12.8. The van der Waals surface area contributed by atoms with Crippen LogP contribution in [0, 0.1) is 11.3 Å². The number of benzene rings is 2. The van der Waals surface area contributed by atoms with Gasteiger partial charge in [-0.3, -0.25) is 4.79 Å². The molecule has 0 saturated heterocycles. The minimum atomic E-state index is -0.570. The van der Waals surface area contributed by atoms with Gasteiger partial charge in [0, 0.05) is 11.8 Å². The molecule has 0 saturated carbocycles. The summed E-state index contributed by atoms with van der Waals surface area (Å²) in [6.45, 7) is 0.920. The molecule has 1 amide bonds. The average molecular weight is 352 g/mol. The first-order valence-corrected chi connectivity index (χ1v) is 7.80. The molecule has 2 aromatic rings. The van der Waals surface area contributed by atoms with E-state index in [2.05, 4.69) is 5.32 Å². The number of hydrogen-bond donors (Lipinski definition) is 2. The van der Waals surface area contributed by atoms with Gasteiger partial charge in [-0.2, -0.15) is 5.26 Å². The Bertz CT molecular complexity index is 915. The molecule has 7 heteroatoms. The molecule has 3 rings (SSSR count). The molecule has 7 nitrogen and oxygen atoms in total. The van der Waals surface area contributed by atoms with Crippen molar-refractivity contribution in [3.63, 3.8) is 0 Å². The average Bonchev–Trinajstić information content (AvgIpc) is 2.66. The number of ether oxygens (including phenoxy) is 3. The van der Waals surface area contributed by atoms with Crippen molar-refractivity contribution >= 4 is 17.7 Å². The van der Waals surface area contributed by atoms with Gasteiger partial charge in [0.2, 0.25) is 0 Å². The number of phenolic OH excluding ortho intramolecular Hbond substituents is 1. The summed E-state index contributed by atoms with van der Waals surface area (Å²) in [4.78, 5) is 12.4. The van der Waals surface area contributed by atoms with Crippen LogP contribution in [-0.2, 0) is 4.79 Å². The fourth-order valence-corrected chi connectivity index (χ4v) is 2.43. The van der Waals surface area contributed by atoms with E-state index < -0.39 is 5.91 Å². The maximum atomic E-state index is 12.4. The van der Waals surface area contributed by atoms with E-state index in [1.54, 1.807) is 30.3 Å². The van der Waals surface area contributed by atoms with Crippen molar-refractivity contribution in [3.8, 4) is 29.1 Å². The van der Waals surface area contributed by atoms with Gasteiger partial charge < -0.3 is 24.6 Å². The quantitative estimate of drug-likeness (QED) is 0.648. The first kappa shape index (κ1) is 17.2. The van der Waals surface area contributed by atoms with Gasteiger partial charge in [-0.15, -0.1) is 0 Å². The Morgan fingerprint density at radius 2 is 2.00 bits per heavy atom. The second-order valence-corrected chi connectivity index (χ2v) is 5.41. The number of nitriles is 1. The number of phenols is 1. The van der Waals surface area contributed by atoms with Gasteiger partial charge in [0.1, 0.15) is 24.9 Å². The molecular formula is C19H16N2O5. The van der Waals surface area contributed by atoms with Gasteiger partial charge in [-0.05, 0) is 35.9 Å². The van der Waals surface area contributed by atoms with E-state index in [1.807, 2.05) is 6.07 Å². The van der Waals surface area contributed by atoms with Crippen molar-refractivity contribution in [3.05, 3.63) is 47.5 Å². The van der Waals surface area contributed by atoms with E-state index in [1.165, 1.54) is 19.3 Å². The smallest absolute Gasteiger partial charge is 0.266 e. The number of nitrogens with one attached hydrogen (secondary N) is 1. The summed E-state index contributed by atoms with van der Waals surface area (Å²) in [6, 6.07) is 11.5. The highest BCUT2D eigenvalue weighted by Crippen LogP contribution is 2.33. The summed E-state index contributed by atoms with van der Waals surface area (Å²) in [5.41, 5.74) is 0.875. The second kappa shape index (κ2) is 7.49. The highest BCUT2D eigenvalue weighted by Gasteiger charge is 2.15. The molecule has 1 aliphatic rings. The van der Waals surface area contributed by atoms with Gasteiger partial charge in [-0.25, -0.2) is 0 Å². The molecule has 2 aromatic carbocycles. The minimum Gasteiger partial charge on any atom is -0.504 e. The van der Waals surface area contributed by atoms with Crippen LogP contribution >= 0.6 is 0 Å². The largest absolute Gasteiger partial charge is 0.504 e. The number of carbonyl (C=O) groups excluding carboxylic acids is 1. The number of amides is 1. The lowest BCUT2D eigenvalue weighted by atomic mass is 10.1. The summed E-state index contributed by atoms with van der Waals surface area (Å²) < 4.78 is 15.9. The number of aromatic hydroxyl groups is 1. The summed E-state index contributed by atoms with van der Waals surface area (Å²) in [6.07, 6.45) is 1.38. The van der Waals surface area contributed by atoms with Crippen molar-refractivity contribution in [1.29, 1.82) is 5.26 Å². The van der Waals surface area contributed by atoms with E-state index in [4.69, 9.17) is 14.2 Å². The second-order valence-electron chi connectivity index (χ2n) is 5.41. The monoisotopic (exact) mass is 352 g/mol. The van der Waals surface area contributed by atoms with Crippen molar-refractivity contribution < 1.29 is 24.1 Å². The molecule has 0 aliphatic carbocycles. The molecule has 0 bridgehead atoms. The van der Waals surface area contributed by atoms with E-state index in [-0.39, 0.29) is 11.3 Å². The number of carbonyl (C=O) groups is 1. The minimum absolute atomic E-state index is 0.0780. The van der Waals surface area contributed by atoms with Crippen molar-refractivity contribution in [2.75, 3.05) is 25.6 Å². The SMILES string of the molecule is COc1ccc(/C=C(\C#N)C(=O)Nc2ccc3c(c2)OCCO3)cc1O. The van der Waals surface area contributed by atoms with Crippen LogP contribution in [0.15, 0.2) is 42.0 Å². The van der Waals surface area contributed by atoms with Gasteiger partial charge >= 0.3 is 0 Å². The number of anilines is 1. The van der Waals surface area contributed by atoms with Crippen LogP contribution in [0.1, 0.15) is 5.56 Å². The first-order chi connectivity index (χ1) is 12.6. The summed E-state index contributed by atoms with van der Waals surface area (Å²) >= 11 is 0. The number of fused-ring (bicyclic) bond motifs is 1. The van der Waals surface area contributed by atoms with E-state index in [0.717, 1.165) is 0 Å². The third-order valence-electron chi connectivity index (χ3n) is 3.68. The molecule has 0 unspecified atom stereocenters. The Morgan fingerprint density at radius 3 is 2.69 bits per heavy atom. The summed E-state index contributed by atoms with van der Waals surface area (Å²) in [7, 11) is 1.44. The molecule has 0 spiro atoms. The molecule has 1 heterocycles. The van der Waals surface area contributed by atoms with Crippen molar-refractivity contribution in [1.82, 2.24) is 0 Å². The van der Waals surface area contributed by atoms with E-state index in [9.17, 15) is 15.2 Å². The molecule has 132 valence electrons. The van der Waals surface area contributed by atoms with Crippen molar-refractivity contribution in [2.45, 2.75) is 0 Å². The van der Waals surface area contributed by atoms with E-state index in [0.29, 0.717) is 41.7 Å². The third kappa shape index (κ3) is 3.70. The molecule has 2 N–H and O–H groups in total. The maximum absolute atomic E-state index is 12.4. The van der Waals surface area contributed by atoms with Crippen LogP contribution in [-0.4, -0.2) is 31.3 Å². The van der Waals surface area contributed by atoms with Gasteiger partial charge in [0.15, 0.2) is 23.0 Å². The molecule has 0 fully saturated rings. The Kier molecular flexibility index (Phi) is 4.94. The molecule has 26 heavy (non-hydrogen) atoms. The van der Waals surface area contributed by atoms with Crippen LogP contribution in [0.2, 0.25) is 0 Å². The number of nitrogens with zero attached hydrogens (tertiary/aromatic N) is 1. The lowest BCUT2D eigenvalue weighted by Crippen LogP contribution is -2.17. The van der Waals surface area contributed by atoms with Gasteiger partial charge in [-0.1, -0.05) is 6.07 Å². The maximum Gasteiger partial charge on any atom is 0.266 e. The number of methoxy groups -OCH3 is 1. The fraction of sp³-hybridized carbons (Fsp3) is 0.158. The topological polar surface area (TPSA) is 101 Å². The highest BCUT2D eigenvalue weighted by atomic mass is 16.6.